The van der Waals surface area contributed by atoms with Crippen LogP contribution in [0.2, 0.25) is 0 Å². The summed E-state index contributed by atoms with van der Waals surface area (Å²) >= 11 is 0. The molecular formula is C36H40N6O6. The average molecular weight is 653 g/mol. The molecule has 4 amide bonds. The molecule has 4 heterocycles. The van der Waals surface area contributed by atoms with Crippen molar-refractivity contribution in [2.45, 2.75) is 48.0 Å². The summed E-state index contributed by atoms with van der Waals surface area (Å²) in [6.07, 6.45) is 3.73. The van der Waals surface area contributed by atoms with E-state index >= 15 is 0 Å². The largest absolute Gasteiger partial charge is 0.457 e. The summed E-state index contributed by atoms with van der Waals surface area (Å²) in [5.74, 6) is 3.12. The Labute approximate surface area is 279 Å². The first-order chi connectivity index (χ1) is 22.5. The first kappa shape index (κ1) is 35.1. The van der Waals surface area contributed by atoms with E-state index in [0.717, 1.165) is 11.1 Å². The molecule has 3 N–H and O–H groups in total. The lowest BCUT2D eigenvalue weighted by Gasteiger charge is -2.13. The van der Waals surface area contributed by atoms with Gasteiger partial charge < -0.3 is 25.4 Å². The van der Waals surface area contributed by atoms with Crippen molar-refractivity contribution < 1.29 is 28.7 Å². The quantitative estimate of drug-likeness (QED) is 0.193. The van der Waals surface area contributed by atoms with Gasteiger partial charge in [0.2, 0.25) is 23.6 Å². The van der Waals surface area contributed by atoms with Gasteiger partial charge in [-0.2, -0.15) is 0 Å². The molecule has 0 saturated carbocycles. The lowest BCUT2D eigenvalue weighted by Crippen LogP contribution is -2.21. The maximum atomic E-state index is 11.9. The number of hydrogen-bond donors (Lipinski definition) is 3. The molecule has 6 rings (SSSR count). The first-order valence-corrected chi connectivity index (χ1v) is 15.2. The van der Waals surface area contributed by atoms with Crippen molar-refractivity contribution >= 4 is 46.6 Å². The molecule has 12 nitrogen and oxygen atoms in total. The minimum atomic E-state index is -0.0976. The number of hydrogen-bond acceptors (Lipinski definition) is 8. The predicted octanol–water partition coefficient (Wildman–Crippen LogP) is 6.59. The van der Waals surface area contributed by atoms with Crippen LogP contribution in [-0.4, -0.2) is 40.6 Å². The Kier molecular flexibility index (Phi) is 11.1. The fraction of sp³-hybridized carbons (Fsp3) is 0.278. The topological polar surface area (TPSA) is 152 Å². The molecule has 2 aromatic carbocycles. The molecule has 0 fully saturated rings. The third-order valence-electron chi connectivity index (χ3n) is 7.33. The lowest BCUT2D eigenvalue weighted by atomic mass is 10.2. The predicted molar refractivity (Wildman–Crippen MR) is 185 cm³/mol. The highest BCUT2D eigenvalue weighted by Crippen LogP contribution is 2.36. The third kappa shape index (κ3) is 8.32. The van der Waals surface area contributed by atoms with Gasteiger partial charge in [0.05, 0.1) is 12.8 Å². The van der Waals surface area contributed by atoms with Gasteiger partial charge in [-0.3, -0.25) is 24.1 Å². The van der Waals surface area contributed by atoms with Gasteiger partial charge in [-0.05, 0) is 36.4 Å². The van der Waals surface area contributed by atoms with E-state index in [9.17, 15) is 19.2 Å². The fourth-order valence-corrected chi connectivity index (χ4v) is 4.69. The second-order valence-corrected chi connectivity index (χ2v) is 11.6. The zero-order valence-electron chi connectivity index (χ0n) is 26.8. The monoisotopic (exact) mass is 652 g/mol. The van der Waals surface area contributed by atoms with Gasteiger partial charge in [0, 0.05) is 65.9 Å². The van der Waals surface area contributed by atoms with E-state index in [1.807, 2.05) is 33.8 Å². The van der Waals surface area contributed by atoms with Gasteiger partial charge in [-0.15, -0.1) is 0 Å². The number of rotatable bonds is 8. The van der Waals surface area contributed by atoms with Crippen LogP contribution in [0, 0.1) is 11.8 Å². The van der Waals surface area contributed by atoms with Crippen molar-refractivity contribution in [3.63, 3.8) is 0 Å². The van der Waals surface area contributed by atoms with E-state index in [2.05, 4.69) is 25.9 Å². The Bertz CT molecular complexity index is 1840. The Morgan fingerprint density at radius 1 is 0.771 bits per heavy atom. The van der Waals surface area contributed by atoms with Crippen LogP contribution < -0.4 is 30.3 Å². The summed E-state index contributed by atoms with van der Waals surface area (Å²) < 4.78 is 11.8. The minimum Gasteiger partial charge on any atom is -0.457 e. The molecular weight excluding hydrogens is 612 g/mol. The van der Waals surface area contributed by atoms with Gasteiger partial charge in [0.15, 0.2) is 0 Å². The van der Waals surface area contributed by atoms with Crippen molar-refractivity contribution in [1.82, 2.24) is 9.97 Å². The highest BCUT2D eigenvalue weighted by Gasteiger charge is 2.29. The molecule has 2 aromatic heterocycles. The van der Waals surface area contributed by atoms with E-state index in [1.165, 1.54) is 4.90 Å². The maximum absolute atomic E-state index is 11.9. The smallest absolute Gasteiger partial charge is 0.232 e. The summed E-state index contributed by atoms with van der Waals surface area (Å²) in [5, 5.41) is 8.36. The van der Waals surface area contributed by atoms with Crippen LogP contribution in [0.1, 0.15) is 46.2 Å². The van der Waals surface area contributed by atoms with Crippen LogP contribution in [0.4, 0.5) is 23.0 Å². The fourth-order valence-electron chi connectivity index (χ4n) is 4.69. The second kappa shape index (κ2) is 15.2. The highest BCUT2D eigenvalue weighted by atomic mass is 16.5. The van der Waals surface area contributed by atoms with Crippen LogP contribution in [0.5, 0.6) is 23.0 Å². The minimum absolute atomic E-state index is 0. The standard InChI is InChI=1S/C18H19N3O3.C17H17N3O3.CH4/c1-11(2)18(23)20-12-5-4-6-13(9-12)24-15-7-8-19-17-14(15)10-16(22)21(17)3;1-10(2)17(22)19-11-4-3-5-12(8-11)23-14-6-7-18-16-13(14)9-15(21)20-16;/h4-9,11H,10H2,1-3H3,(H,20,23);3-8,10H,9H2,1-2H3,(H,19,22)(H,18,20,21);1H4. The number of nitrogens with zero attached hydrogens (tertiary/aromatic N) is 3. The number of amides is 4. The first-order valence-electron chi connectivity index (χ1n) is 15.2. The van der Waals surface area contributed by atoms with E-state index in [-0.39, 0.29) is 55.7 Å². The lowest BCUT2D eigenvalue weighted by molar-refractivity contribution is -0.119. The van der Waals surface area contributed by atoms with Crippen LogP contribution >= 0.6 is 0 Å². The van der Waals surface area contributed by atoms with E-state index in [4.69, 9.17) is 9.47 Å². The number of benzene rings is 2. The molecule has 12 heteroatoms. The molecule has 2 aliphatic rings. The van der Waals surface area contributed by atoms with Crippen molar-refractivity contribution in [1.29, 1.82) is 0 Å². The Morgan fingerprint density at radius 2 is 1.29 bits per heavy atom. The number of fused-ring (bicyclic) bond motifs is 2. The number of nitrogens with one attached hydrogen (secondary N) is 3. The molecule has 2 aliphatic heterocycles. The molecule has 0 saturated heterocycles. The molecule has 250 valence electrons. The number of pyridine rings is 2. The molecule has 0 radical (unpaired) electrons. The van der Waals surface area contributed by atoms with E-state index in [1.54, 1.807) is 74.0 Å². The second-order valence-electron chi connectivity index (χ2n) is 11.6. The molecule has 0 atom stereocenters. The van der Waals surface area contributed by atoms with Gasteiger partial charge in [-0.25, -0.2) is 9.97 Å². The number of likely N-dealkylation sites (N-methyl/N-ethyl adjacent to an activating group) is 1. The van der Waals surface area contributed by atoms with Gasteiger partial charge in [-0.1, -0.05) is 47.3 Å². The third-order valence-corrected chi connectivity index (χ3v) is 7.33. The van der Waals surface area contributed by atoms with Crippen LogP contribution in [0.15, 0.2) is 73.1 Å². The van der Waals surface area contributed by atoms with Crippen molar-refractivity contribution in [2.24, 2.45) is 11.8 Å². The van der Waals surface area contributed by atoms with Crippen LogP contribution in [0.3, 0.4) is 0 Å². The van der Waals surface area contributed by atoms with Gasteiger partial charge >= 0.3 is 0 Å². The van der Waals surface area contributed by atoms with E-state index < -0.39 is 0 Å². The molecule has 0 bridgehead atoms. The number of carbonyl (C=O) groups is 4. The van der Waals surface area contributed by atoms with Gasteiger partial charge in [0.25, 0.3) is 0 Å². The average Bonchev–Trinajstić information content (AvgIpc) is 3.56. The van der Waals surface area contributed by atoms with Gasteiger partial charge in [0.1, 0.15) is 34.6 Å². The number of aromatic nitrogens is 2. The molecule has 0 unspecified atom stereocenters. The number of anilines is 4. The Hall–Kier alpha value is -5.78. The normalized spacial score (nSPS) is 12.7. The summed E-state index contributed by atoms with van der Waals surface area (Å²) in [6.45, 7) is 7.34. The zero-order valence-corrected chi connectivity index (χ0v) is 26.8. The summed E-state index contributed by atoms with van der Waals surface area (Å²) in [5.41, 5.74) is 2.86. The highest BCUT2D eigenvalue weighted by molar-refractivity contribution is 6.01. The Morgan fingerprint density at radius 3 is 1.83 bits per heavy atom. The SMILES string of the molecule is C.CC(C)C(=O)Nc1cccc(Oc2ccnc3c2CC(=O)N3)c1.CC(C)C(=O)Nc1cccc(Oc2ccnc3c2CC(=O)N3C)c1. The molecule has 4 aromatic rings. The Balaban J connectivity index is 0.000000212. The summed E-state index contributed by atoms with van der Waals surface area (Å²) in [6, 6.07) is 17.8. The van der Waals surface area contributed by atoms with Crippen molar-refractivity contribution in [3.8, 4) is 23.0 Å². The number of carbonyl (C=O) groups excluding carboxylic acids is 4. The molecule has 48 heavy (non-hydrogen) atoms. The van der Waals surface area contributed by atoms with Crippen LogP contribution in [-0.2, 0) is 32.0 Å². The zero-order chi connectivity index (χ0) is 33.7. The number of ether oxygens (including phenoxy) is 2. The maximum Gasteiger partial charge on any atom is 0.232 e. The van der Waals surface area contributed by atoms with E-state index in [0.29, 0.717) is 46.0 Å². The van der Waals surface area contributed by atoms with Crippen molar-refractivity contribution in [2.75, 3.05) is 27.9 Å². The van der Waals surface area contributed by atoms with Crippen LogP contribution in [0.25, 0.3) is 0 Å². The summed E-state index contributed by atoms with van der Waals surface area (Å²) in [4.78, 5) is 56.8. The van der Waals surface area contributed by atoms with Crippen molar-refractivity contribution in [3.05, 3.63) is 84.2 Å². The summed E-state index contributed by atoms with van der Waals surface area (Å²) in [7, 11) is 1.70. The molecule has 0 spiro atoms. The molecule has 0 aliphatic carbocycles.